The maximum absolute atomic E-state index is 12.7. The molecule has 1 heterocycles. The van der Waals surface area contributed by atoms with Crippen LogP contribution in [0.5, 0.6) is 0 Å². The van der Waals surface area contributed by atoms with Crippen LogP contribution < -0.4 is 15.8 Å². The largest absolute Gasteiger partial charge is 0.316 e. The van der Waals surface area contributed by atoms with Crippen molar-refractivity contribution in [2.75, 3.05) is 0 Å². The SMILES string of the molecule is CC(NS(=O)(=O)c1ccc2[nH]c(=O)c(=O)[nH]c2c1)C1CC2CCC1C2. The van der Waals surface area contributed by atoms with Crippen LogP contribution in [0.1, 0.15) is 32.6 Å². The van der Waals surface area contributed by atoms with Crippen molar-refractivity contribution in [3.63, 3.8) is 0 Å². The van der Waals surface area contributed by atoms with Crippen LogP contribution >= 0.6 is 0 Å². The Kier molecular flexibility index (Phi) is 3.84. The van der Waals surface area contributed by atoms with Crippen LogP contribution in [-0.2, 0) is 10.0 Å². The molecule has 2 aliphatic rings. The molecule has 4 atom stereocenters. The van der Waals surface area contributed by atoms with Gasteiger partial charge in [-0.1, -0.05) is 6.42 Å². The highest BCUT2D eigenvalue weighted by molar-refractivity contribution is 7.89. The molecule has 8 heteroatoms. The molecule has 2 fully saturated rings. The van der Waals surface area contributed by atoms with E-state index in [1.54, 1.807) is 0 Å². The molecule has 134 valence electrons. The van der Waals surface area contributed by atoms with E-state index in [4.69, 9.17) is 0 Å². The normalized spacial score (nSPS) is 27.0. The zero-order chi connectivity index (χ0) is 17.8. The lowest BCUT2D eigenvalue weighted by molar-refractivity contribution is 0.280. The fraction of sp³-hybridized carbons (Fsp3) is 0.529. The van der Waals surface area contributed by atoms with Gasteiger partial charge in [0.2, 0.25) is 10.0 Å². The molecule has 1 aromatic heterocycles. The van der Waals surface area contributed by atoms with Gasteiger partial charge in [0, 0.05) is 6.04 Å². The fourth-order valence-corrected chi connectivity index (χ4v) is 5.89. The Hall–Kier alpha value is -1.93. The van der Waals surface area contributed by atoms with E-state index in [0.717, 1.165) is 12.3 Å². The minimum absolute atomic E-state index is 0.0812. The number of hydrogen-bond donors (Lipinski definition) is 3. The maximum atomic E-state index is 12.7. The van der Waals surface area contributed by atoms with Crippen molar-refractivity contribution in [2.45, 2.75) is 43.5 Å². The van der Waals surface area contributed by atoms with Crippen LogP contribution in [-0.4, -0.2) is 24.4 Å². The predicted molar refractivity (Wildman–Crippen MR) is 93.9 cm³/mol. The first-order valence-corrected chi connectivity index (χ1v) is 10.1. The Balaban J connectivity index is 1.61. The number of fused-ring (bicyclic) bond motifs is 3. The molecule has 0 amide bonds. The molecule has 25 heavy (non-hydrogen) atoms. The number of sulfonamides is 1. The van der Waals surface area contributed by atoms with Crippen LogP contribution in [0.25, 0.3) is 11.0 Å². The summed E-state index contributed by atoms with van der Waals surface area (Å²) in [5.41, 5.74) is -0.874. The summed E-state index contributed by atoms with van der Waals surface area (Å²) in [4.78, 5) is 27.7. The lowest BCUT2D eigenvalue weighted by Crippen LogP contribution is -2.40. The molecule has 3 N–H and O–H groups in total. The number of nitrogens with one attached hydrogen (secondary N) is 3. The molecule has 0 aliphatic heterocycles. The van der Waals surface area contributed by atoms with Gasteiger partial charge < -0.3 is 9.97 Å². The summed E-state index contributed by atoms with van der Waals surface area (Å²) in [5, 5.41) is 0. The van der Waals surface area contributed by atoms with Crippen molar-refractivity contribution in [3.8, 4) is 0 Å². The first kappa shape index (κ1) is 16.5. The average Bonchev–Trinajstić information content (AvgIpc) is 3.18. The minimum Gasteiger partial charge on any atom is -0.316 e. The molecule has 2 aromatic rings. The van der Waals surface area contributed by atoms with Gasteiger partial charge in [-0.05, 0) is 62.1 Å². The van der Waals surface area contributed by atoms with Crippen molar-refractivity contribution >= 4 is 21.1 Å². The summed E-state index contributed by atoms with van der Waals surface area (Å²) in [5.74, 6) is 1.77. The molecule has 0 spiro atoms. The molecule has 2 saturated carbocycles. The molecule has 2 aliphatic carbocycles. The minimum atomic E-state index is -3.69. The van der Waals surface area contributed by atoms with E-state index in [9.17, 15) is 18.0 Å². The first-order chi connectivity index (χ1) is 11.8. The molecule has 0 saturated heterocycles. The van der Waals surface area contributed by atoms with E-state index in [-0.39, 0.29) is 10.9 Å². The summed E-state index contributed by atoms with van der Waals surface area (Å²) in [7, 11) is -3.69. The Labute approximate surface area is 144 Å². The number of benzene rings is 1. The van der Waals surface area contributed by atoms with Crippen LogP contribution in [0.4, 0.5) is 0 Å². The maximum Gasteiger partial charge on any atom is 0.314 e. The lowest BCUT2D eigenvalue weighted by Gasteiger charge is -2.28. The van der Waals surface area contributed by atoms with E-state index in [1.165, 1.54) is 37.5 Å². The monoisotopic (exact) mass is 363 g/mol. The van der Waals surface area contributed by atoms with E-state index in [0.29, 0.717) is 22.9 Å². The predicted octanol–water partition coefficient (Wildman–Crippen LogP) is 1.32. The average molecular weight is 363 g/mol. The van der Waals surface area contributed by atoms with Crippen molar-refractivity contribution in [1.82, 2.24) is 14.7 Å². The summed E-state index contributed by atoms with van der Waals surface area (Å²) in [6.07, 6.45) is 4.80. The molecular weight excluding hydrogens is 342 g/mol. The van der Waals surface area contributed by atoms with E-state index in [2.05, 4.69) is 14.7 Å². The third-order valence-corrected chi connectivity index (χ3v) is 7.34. The zero-order valence-corrected chi connectivity index (χ0v) is 14.7. The third kappa shape index (κ3) is 2.93. The number of aromatic nitrogens is 2. The molecule has 4 rings (SSSR count). The van der Waals surface area contributed by atoms with Gasteiger partial charge in [0.15, 0.2) is 0 Å². The summed E-state index contributed by atoms with van der Waals surface area (Å²) >= 11 is 0. The number of rotatable bonds is 4. The number of H-pyrrole nitrogens is 2. The van der Waals surface area contributed by atoms with Gasteiger partial charge in [-0.3, -0.25) is 9.59 Å². The fourth-order valence-electron chi connectivity index (χ4n) is 4.57. The smallest absolute Gasteiger partial charge is 0.314 e. The second kappa shape index (κ2) is 5.81. The summed E-state index contributed by atoms with van der Waals surface area (Å²) < 4.78 is 28.3. The molecular formula is C17H21N3O4S. The van der Waals surface area contributed by atoms with Gasteiger partial charge in [0.25, 0.3) is 0 Å². The standard InChI is InChI=1S/C17H21N3O4S/c1-9(13-7-10-2-3-11(13)6-10)20-25(23,24)12-4-5-14-15(8-12)19-17(22)16(21)18-14/h4-5,8-11,13,20H,2-3,6-7H2,1H3,(H,18,21)(H,19,22). The van der Waals surface area contributed by atoms with E-state index in [1.807, 2.05) is 6.92 Å². The first-order valence-electron chi connectivity index (χ1n) is 8.62. The second-order valence-corrected chi connectivity index (χ2v) is 9.08. The zero-order valence-electron chi connectivity index (χ0n) is 13.9. The molecule has 7 nitrogen and oxygen atoms in total. The Morgan fingerprint density at radius 2 is 1.80 bits per heavy atom. The van der Waals surface area contributed by atoms with Crippen LogP contribution in [0, 0.1) is 17.8 Å². The highest BCUT2D eigenvalue weighted by atomic mass is 32.2. The van der Waals surface area contributed by atoms with Crippen LogP contribution in [0.2, 0.25) is 0 Å². The Morgan fingerprint density at radius 3 is 2.44 bits per heavy atom. The second-order valence-electron chi connectivity index (χ2n) is 7.36. The lowest BCUT2D eigenvalue weighted by atomic mass is 9.84. The third-order valence-electron chi connectivity index (χ3n) is 5.78. The van der Waals surface area contributed by atoms with Crippen LogP contribution in [0.3, 0.4) is 0 Å². The summed E-state index contributed by atoms with van der Waals surface area (Å²) in [6, 6.07) is 4.18. The van der Waals surface area contributed by atoms with Crippen molar-refractivity contribution in [2.24, 2.45) is 17.8 Å². The van der Waals surface area contributed by atoms with Gasteiger partial charge in [0.1, 0.15) is 0 Å². The van der Waals surface area contributed by atoms with Crippen molar-refractivity contribution < 1.29 is 8.42 Å². The Morgan fingerprint density at radius 1 is 1.08 bits per heavy atom. The number of hydrogen-bond acceptors (Lipinski definition) is 4. The van der Waals surface area contributed by atoms with Gasteiger partial charge in [-0.25, -0.2) is 13.1 Å². The summed E-state index contributed by atoms with van der Waals surface area (Å²) in [6.45, 7) is 1.93. The Bertz CT molecular complexity index is 1040. The molecule has 4 unspecified atom stereocenters. The van der Waals surface area contributed by atoms with Gasteiger partial charge >= 0.3 is 11.1 Å². The highest BCUT2D eigenvalue weighted by Gasteiger charge is 2.42. The van der Waals surface area contributed by atoms with Crippen LogP contribution in [0.15, 0.2) is 32.7 Å². The van der Waals surface area contributed by atoms with Gasteiger partial charge in [-0.15, -0.1) is 0 Å². The number of aromatic amines is 2. The van der Waals surface area contributed by atoms with Gasteiger partial charge in [0.05, 0.1) is 15.9 Å². The topological polar surface area (TPSA) is 112 Å². The quantitative estimate of drug-likeness (QED) is 0.711. The molecule has 2 bridgehead atoms. The highest BCUT2D eigenvalue weighted by Crippen LogP contribution is 2.49. The van der Waals surface area contributed by atoms with E-state index >= 15 is 0 Å². The van der Waals surface area contributed by atoms with Gasteiger partial charge in [-0.2, -0.15) is 0 Å². The molecule has 0 radical (unpaired) electrons. The van der Waals surface area contributed by atoms with Crippen molar-refractivity contribution in [3.05, 3.63) is 38.9 Å². The molecule has 1 aromatic carbocycles. The van der Waals surface area contributed by atoms with E-state index < -0.39 is 21.1 Å². The van der Waals surface area contributed by atoms with Crippen molar-refractivity contribution in [1.29, 1.82) is 0 Å².